The van der Waals surface area contributed by atoms with Gasteiger partial charge in [-0.25, -0.2) is 0 Å². The van der Waals surface area contributed by atoms with Crippen LogP contribution in [0.4, 0.5) is 0 Å². The van der Waals surface area contributed by atoms with Gasteiger partial charge in [0.15, 0.2) is 12.4 Å². The molecule has 0 atom stereocenters. The summed E-state index contributed by atoms with van der Waals surface area (Å²) in [6.45, 7) is 3.67. The van der Waals surface area contributed by atoms with Gasteiger partial charge in [0.2, 0.25) is 11.2 Å². The Bertz CT molecular complexity index is 1290. The van der Waals surface area contributed by atoms with Crippen LogP contribution in [-0.4, -0.2) is 12.5 Å². The Kier molecular flexibility index (Phi) is 5.82. The number of rotatable bonds is 6. The molecule has 0 unspecified atom stereocenters. The van der Waals surface area contributed by atoms with Gasteiger partial charge in [0.1, 0.15) is 11.3 Å². The molecule has 0 spiro atoms. The second-order valence-corrected chi connectivity index (χ2v) is 7.60. The Labute approximate surface area is 183 Å². The van der Waals surface area contributed by atoms with Gasteiger partial charge in [-0.2, -0.15) is 0 Å². The summed E-state index contributed by atoms with van der Waals surface area (Å²) >= 11 is 6.21. The predicted molar refractivity (Wildman–Crippen MR) is 118 cm³/mol. The van der Waals surface area contributed by atoms with E-state index in [0.717, 1.165) is 11.1 Å². The maximum atomic E-state index is 13.2. The van der Waals surface area contributed by atoms with Gasteiger partial charge in [0.25, 0.3) is 5.91 Å². The number of aryl methyl sites for hydroxylation is 2. The molecule has 4 rings (SSSR count). The molecule has 0 aliphatic rings. The van der Waals surface area contributed by atoms with E-state index in [1.807, 2.05) is 38.1 Å². The molecule has 0 bridgehead atoms. The third-order valence-corrected chi connectivity index (χ3v) is 5.24. The highest BCUT2D eigenvalue weighted by molar-refractivity contribution is 6.32. The van der Waals surface area contributed by atoms with E-state index >= 15 is 0 Å². The summed E-state index contributed by atoms with van der Waals surface area (Å²) in [4.78, 5) is 25.5. The summed E-state index contributed by atoms with van der Waals surface area (Å²) in [7, 11) is 0. The van der Waals surface area contributed by atoms with Gasteiger partial charge in [-0.1, -0.05) is 41.4 Å². The van der Waals surface area contributed by atoms with E-state index in [0.29, 0.717) is 21.9 Å². The Hall–Kier alpha value is -3.51. The normalized spacial score (nSPS) is 10.9. The number of hydrogen-bond acceptors (Lipinski definition) is 5. The van der Waals surface area contributed by atoms with E-state index in [2.05, 4.69) is 5.32 Å². The lowest BCUT2D eigenvalue weighted by molar-refractivity contribution is -0.123. The van der Waals surface area contributed by atoms with Crippen molar-refractivity contribution >= 4 is 28.5 Å². The molecule has 1 amide bonds. The molecule has 0 saturated heterocycles. The minimum atomic E-state index is -0.396. The smallest absolute Gasteiger partial charge is 0.258 e. The zero-order valence-electron chi connectivity index (χ0n) is 17.0. The highest BCUT2D eigenvalue weighted by atomic mass is 35.5. The zero-order valence-corrected chi connectivity index (χ0v) is 17.8. The van der Waals surface area contributed by atoms with E-state index in [1.54, 1.807) is 24.3 Å². The first-order chi connectivity index (χ1) is 14.9. The number of carbonyl (C=O) groups is 1. The van der Waals surface area contributed by atoms with Crippen molar-refractivity contribution in [2.24, 2.45) is 0 Å². The number of carbonyl (C=O) groups excluding carboxylic acids is 1. The molecule has 6 nitrogen and oxygen atoms in total. The molecular weight excluding hydrogens is 418 g/mol. The van der Waals surface area contributed by atoms with Crippen molar-refractivity contribution in [2.45, 2.75) is 20.4 Å². The fourth-order valence-corrected chi connectivity index (χ4v) is 3.28. The van der Waals surface area contributed by atoms with Crippen LogP contribution < -0.4 is 15.5 Å². The van der Waals surface area contributed by atoms with Crippen LogP contribution in [-0.2, 0) is 11.3 Å². The molecule has 7 heteroatoms. The lowest BCUT2D eigenvalue weighted by Gasteiger charge is -2.12. The van der Waals surface area contributed by atoms with E-state index in [9.17, 15) is 9.59 Å². The van der Waals surface area contributed by atoms with Crippen LogP contribution in [0, 0.1) is 13.8 Å². The first-order valence-electron chi connectivity index (χ1n) is 9.68. The summed E-state index contributed by atoms with van der Waals surface area (Å²) in [5, 5.41) is 3.42. The number of benzene rings is 2. The standard InChI is InChI=1S/C24H20ClNO5/c1-14-5-7-16(8-6-14)23-24(30-13-21(27)26-12-17-4-3-9-29-17)22(28)18-11-19(25)15(2)10-20(18)31-23/h3-11H,12-13H2,1-2H3,(H,26,27). The minimum absolute atomic E-state index is 0.0376. The number of halogens is 1. The summed E-state index contributed by atoms with van der Waals surface area (Å²) in [5.74, 6) is 0.444. The molecule has 1 N–H and O–H groups in total. The van der Waals surface area contributed by atoms with Crippen molar-refractivity contribution in [3.05, 3.63) is 86.9 Å². The Morgan fingerprint density at radius 2 is 1.90 bits per heavy atom. The van der Waals surface area contributed by atoms with Gasteiger partial charge in [0, 0.05) is 10.6 Å². The van der Waals surface area contributed by atoms with Crippen molar-refractivity contribution in [2.75, 3.05) is 6.61 Å². The predicted octanol–water partition coefficient (Wildman–Crippen LogP) is 5.02. The van der Waals surface area contributed by atoms with Crippen LogP contribution in [0.3, 0.4) is 0 Å². The van der Waals surface area contributed by atoms with Crippen LogP contribution in [0.2, 0.25) is 5.02 Å². The largest absolute Gasteiger partial charge is 0.476 e. The summed E-state index contributed by atoms with van der Waals surface area (Å²) in [6.07, 6.45) is 1.53. The Morgan fingerprint density at radius 1 is 1.13 bits per heavy atom. The first kappa shape index (κ1) is 20.8. The molecule has 0 aliphatic carbocycles. The van der Waals surface area contributed by atoms with Gasteiger partial charge in [-0.3, -0.25) is 9.59 Å². The van der Waals surface area contributed by atoms with Crippen LogP contribution in [0.5, 0.6) is 5.75 Å². The van der Waals surface area contributed by atoms with Crippen LogP contribution >= 0.6 is 11.6 Å². The van der Waals surface area contributed by atoms with E-state index in [4.69, 9.17) is 25.2 Å². The lowest BCUT2D eigenvalue weighted by Crippen LogP contribution is -2.29. The Morgan fingerprint density at radius 3 is 2.61 bits per heavy atom. The van der Waals surface area contributed by atoms with Crippen molar-refractivity contribution in [1.29, 1.82) is 0 Å². The van der Waals surface area contributed by atoms with Crippen LogP contribution in [0.15, 0.2) is 68.4 Å². The number of fused-ring (bicyclic) bond motifs is 1. The van der Waals surface area contributed by atoms with E-state index in [1.165, 1.54) is 6.26 Å². The second kappa shape index (κ2) is 8.70. The zero-order chi connectivity index (χ0) is 22.0. The fourth-order valence-electron chi connectivity index (χ4n) is 3.11. The summed E-state index contributed by atoms with van der Waals surface area (Å²) < 4.78 is 16.9. The van der Waals surface area contributed by atoms with Gasteiger partial charge >= 0.3 is 0 Å². The molecule has 2 aromatic heterocycles. The second-order valence-electron chi connectivity index (χ2n) is 7.20. The minimum Gasteiger partial charge on any atom is -0.476 e. The molecule has 0 radical (unpaired) electrons. The highest BCUT2D eigenvalue weighted by Gasteiger charge is 2.20. The fraction of sp³-hybridized carbons (Fsp3) is 0.167. The molecule has 2 aromatic carbocycles. The number of hydrogen-bond donors (Lipinski definition) is 1. The first-order valence-corrected chi connectivity index (χ1v) is 10.1. The highest BCUT2D eigenvalue weighted by Crippen LogP contribution is 2.32. The molecule has 31 heavy (non-hydrogen) atoms. The topological polar surface area (TPSA) is 81.7 Å². The molecule has 158 valence electrons. The monoisotopic (exact) mass is 437 g/mol. The molecule has 0 aliphatic heterocycles. The van der Waals surface area contributed by atoms with E-state index < -0.39 is 11.3 Å². The van der Waals surface area contributed by atoms with Crippen LogP contribution in [0.25, 0.3) is 22.3 Å². The van der Waals surface area contributed by atoms with Gasteiger partial charge < -0.3 is 18.9 Å². The quantitative estimate of drug-likeness (QED) is 0.458. The number of furan rings is 1. The van der Waals surface area contributed by atoms with Crippen molar-refractivity contribution < 1.29 is 18.4 Å². The number of amides is 1. The summed E-state index contributed by atoms with van der Waals surface area (Å²) in [5.41, 5.74) is 2.53. The SMILES string of the molecule is Cc1ccc(-c2oc3cc(C)c(Cl)cc3c(=O)c2OCC(=O)NCc2ccco2)cc1. The van der Waals surface area contributed by atoms with Crippen LogP contribution in [0.1, 0.15) is 16.9 Å². The third kappa shape index (κ3) is 4.49. The van der Waals surface area contributed by atoms with Gasteiger partial charge in [-0.15, -0.1) is 0 Å². The molecule has 4 aromatic rings. The lowest BCUT2D eigenvalue weighted by atomic mass is 10.1. The average molecular weight is 438 g/mol. The Balaban J connectivity index is 1.69. The molecule has 0 saturated carbocycles. The number of ether oxygens (including phenoxy) is 1. The summed E-state index contributed by atoms with van der Waals surface area (Å²) in [6, 6.07) is 14.3. The van der Waals surface area contributed by atoms with Crippen molar-refractivity contribution in [1.82, 2.24) is 5.32 Å². The molecular formula is C24H20ClNO5. The maximum absolute atomic E-state index is 13.2. The maximum Gasteiger partial charge on any atom is 0.258 e. The van der Waals surface area contributed by atoms with Crippen molar-refractivity contribution in [3.63, 3.8) is 0 Å². The third-order valence-electron chi connectivity index (χ3n) is 4.83. The van der Waals surface area contributed by atoms with Gasteiger partial charge in [-0.05, 0) is 43.7 Å². The average Bonchev–Trinajstić information content (AvgIpc) is 3.27. The molecule has 0 fully saturated rings. The van der Waals surface area contributed by atoms with Gasteiger partial charge in [0.05, 0.1) is 18.2 Å². The molecule has 2 heterocycles. The van der Waals surface area contributed by atoms with Crippen molar-refractivity contribution in [3.8, 4) is 17.1 Å². The van der Waals surface area contributed by atoms with E-state index in [-0.39, 0.29) is 30.0 Å². The number of nitrogens with one attached hydrogen (secondary N) is 1.